The number of hydrogen-bond acceptors (Lipinski definition) is 0. The Bertz CT molecular complexity index is 546. The first-order chi connectivity index (χ1) is 9.34. The predicted octanol–water partition coefficient (Wildman–Crippen LogP) is 5.28. The zero-order valence-electron chi connectivity index (χ0n) is 11.0. The van der Waals surface area contributed by atoms with Crippen molar-refractivity contribution >= 4 is 8.58 Å². The first-order valence-corrected chi connectivity index (χ1v) is 7.93. The minimum Gasteiger partial charge on any atom is -0.102 e. The van der Waals surface area contributed by atoms with Gasteiger partial charge >= 0.3 is 0 Å². The highest BCUT2D eigenvalue weighted by atomic mass is 31.1. The van der Waals surface area contributed by atoms with E-state index in [1.165, 1.54) is 24.0 Å². The third kappa shape index (κ3) is 2.38. The van der Waals surface area contributed by atoms with E-state index in [-0.39, 0.29) is 5.16 Å². The second kappa shape index (κ2) is 5.31. The van der Waals surface area contributed by atoms with Crippen LogP contribution in [-0.4, -0.2) is 0 Å². The minimum atomic E-state index is 0.196. The molecule has 0 aromatic heterocycles. The summed E-state index contributed by atoms with van der Waals surface area (Å²) in [6.07, 6.45) is 4.67. The molecule has 1 aliphatic rings. The fraction of sp³-hybridized carbons (Fsp3) is 0.222. The fourth-order valence-corrected chi connectivity index (χ4v) is 5.01. The van der Waals surface area contributed by atoms with Crippen molar-refractivity contribution in [1.82, 2.24) is 0 Å². The predicted molar refractivity (Wildman–Crippen MR) is 85.0 cm³/mol. The van der Waals surface area contributed by atoms with Gasteiger partial charge in [-0.05, 0) is 24.0 Å². The summed E-state index contributed by atoms with van der Waals surface area (Å²) < 4.78 is 0. The number of benzene rings is 2. The van der Waals surface area contributed by atoms with E-state index < -0.39 is 0 Å². The van der Waals surface area contributed by atoms with Crippen molar-refractivity contribution in [3.05, 3.63) is 84.4 Å². The maximum absolute atomic E-state index is 4.13. The van der Waals surface area contributed by atoms with Crippen molar-refractivity contribution in [3.63, 3.8) is 0 Å². The summed E-state index contributed by atoms with van der Waals surface area (Å²) in [7, 11) is 0.898. The first-order valence-electron chi connectivity index (χ1n) is 6.86. The van der Waals surface area contributed by atoms with Gasteiger partial charge in [0.25, 0.3) is 0 Å². The van der Waals surface area contributed by atoms with Gasteiger partial charge in [0.15, 0.2) is 0 Å². The topological polar surface area (TPSA) is 0 Å². The smallest absolute Gasteiger partial charge is 0.0307 e. The third-order valence-corrected chi connectivity index (χ3v) is 6.33. The average Bonchev–Trinajstić information content (AvgIpc) is 2.95. The van der Waals surface area contributed by atoms with Crippen molar-refractivity contribution in [3.8, 4) is 0 Å². The standard InChI is InChI=1S/C18H19P/c1-2-18(16-11-7-4-8-12-16)14-13-17(19-18)15-9-5-3-6-10-15/h2-12,17,19H,1,13-14H2. The van der Waals surface area contributed by atoms with Crippen LogP contribution in [-0.2, 0) is 5.16 Å². The van der Waals surface area contributed by atoms with Gasteiger partial charge in [-0.2, -0.15) is 0 Å². The molecule has 0 N–H and O–H groups in total. The molecular weight excluding hydrogens is 247 g/mol. The molecule has 1 heteroatoms. The van der Waals surface area contributed by atoms with E-state index in [4.69, 9.17) is 0 Å². The molecule has 1 saturated heterocycles. The van der Waals surface area contributed by atoms with Crippen LogP contribution in [0.3, 0.4) is 0 Å². The normalized spacial score (nSPS) is 27.5. The lowest BCUT2D eigenvalue weighted by atomic mass is 9.92. The van der Waals surface area contributed by atoms with Gasteiger partial charge in [-0.3, -0.25) is 0 Å². The maximum Gasteiger partial charge on any atom is 0.0307 e. The fourth-order valence-electron chi connectivity index (χ4n) is 3.00. The van der Waals surface area contributed by atoms with E-state index >= 15 is 0 Å². The molecule has 0 spiro atoms. The lowest BCUT2D eigenvalue weighted by Gasteiger charge is -2.26. The van der Waals surface area contributed by atoms with Gasteiger partial charge in [0, 0.05) is 10.8 Å². The molecule has 1 heterocycles. The number of rotatable bonds is 3. The zero-order valence-corrected chi connectivity index (χ0v) is 12.0. The van der Waals surface area contributed by atoms with Gasteiger partial charge in [0.05, 0.1) is 0 Å². The van der Waals surface area contributed by atoms with Gasteiger partial charge in [-0.1, -0.05) is 75.3 Å². The summed E-state index contributed by atoms with van der Waals surface area (Å²) >= 11 is 0. The van der Waals surface area contributed by atoms with Crippen LogP contribution in [0.25, 0.3) is 0 Å². The molecule has 0 bridgehead atoms. The Hall–Kier alpha value is -1.39. The molecule has 0 radical (unpaired) electrons. The molecule has 96 valence electrons. The van der Waals surface area contributed by atoms with Crippen molar-refractivity contribution < 1.29 is 0 Å². The minimum absolute atomic E-state index is 0.196. The SMILES string of the molecule is C=CC1(c2ccccc2)CCC(c2ccccc2)P1. The molecule has 1 fully saturated rings. The second-order valence-corrected chi connectivity index (χ2v) is 7.07. The monoisotopic (exact) mass is 266 g/mol. The summed E-state index contributed by atoms with van der Waals surface area (Å²) in [5, 5.41) is 0.196. The summed E-state index contributed by atoms with van der Waals surface area (Å²) in [5.41, 5.74) is 3.61. The summed E-state index contributed by atoms with van der Waals surface area (Å²) in [5.74, 6) is 0. The first kappa shape index (κ1) is 12.6. The van der Waals surface area contributed by atoms with Crippen LogP contribution in [0, 0.1) is 0 Å². The molecule has 3 atom stereocenters. The number of hydrogen-bond donors (Lipinski definition) is 0. The summed E-state index contributed by atoms with van der Waals surface area (Å²) in [6, 6.07) is 21.8. The molecule has 0 aliphatic carbocycles. The highest BCUT2D eigenvalue weighted by molar-refractivity contribution is 7.40. The Morgan fingerprint density at radius 2 is 1.63 bits per heavy atom. The average molecular weight is 266 g/mol. The van der Waals surface area contributed by atoms with Gasteiger partial charge in [0.1, 0.15) is 0 Å². The molecular formula is C18H19P. The van der Waals surface area contributed by atoms with Crippen LogP contribution in [0.2, 0.25) is 0 Å². The van der Waals surface area contributed by atoms with E-state index in [1.54, 1.807) is 0 Å². The van der Waals surface area contributed by atoms with Crippen LogP contribution in [0.5, 0.6) is 0 Å². The van der Waals surface area contributed by atoms with Crippen LogP contribution >= 0.6 is 8.58 Å². The molecule has 0 saturated carbocycles. The van der Waals surface area contributed by atoms with Crippen LogP contribution < -0.4 is 0 Å². The highest BCUT2D eigenvalue weighted by Gasteiger charge is 2.38. The van der Waals surface area contributed by atoms with Gasteiger partial charge in [0.2, 0.25) is 0 Å². The van der Waals surface area contributed by atoms with Crippen LogP contribution in [0.15, 0.2) is 73.3 Å². The number of allylic oxidation sites excluding steroid dienone is 1. The Labute approximate surface area is 117 Å². The van der Waals surface area contributed by atoms with E-state index in [9.17, 15) is 0 Å². The Balaban J connectivity index is 1.89. The molecule has 2 aromatic carbocycles. The molecule has 2 aromatic rings. The summed E-state index contributed by atoms with van der Waals surface area (Å²) in [6.45, 7) is 4.13. The van der Waals surface area contributed by atoms with Crippen molar-refractivity contribution in [2.24, 2.45) is 0 Å². The van der Waals surface area contributed by atoms with E-state index in [0.29, 0.717) is 5.66 Å². The second-order valence-electron chi connectivity index (χ2n) is 5.19. The highest BCUT2D eigenvalue weighted by Crippen LogP contribution is 2.62. The van der Waals surface area contributed by atoms with E-state index in [0.717, 1.165) is 8.58 Å². The Morgan fingerprint density at radius 1 is 1.00 bits per heavy atom. The molecule has 0 amide bonds. The van der Waals surface area contributed by atoms with Crippen LogP contribution in [0.1, 0.15) is 29.6 Å². The zero-order chi connectivity index (χ0) is 13.1. The largest absolute Gasteiger partial charge is 0.102 e. The molecule has 3 rings (SSSR count). The molecule has 1 aliphatic heterocycles. The van der Waals surface area contributed by atoms with Crippen molar-refractivity contribution in [2.75, 3.05) is 0 Å². The molecule has 19 heavy (non-hydrogen) atoms. The van der Waals surface area contributed by atoms with E-state index in [2.05, 4.69) is 73.3 Å². The maximum atomic E-state index is 4.13. The van der Waals surface area contributed by atoms with E-state index in [1.807, 2.05) is 0 Å². The van der Waals surface area contributed by atoms with Gasteiger partial charge in [-0.25, -0.2) is 0 Å². The Morgan fingerprint density at radius 3 is 2.26 bits per heavy atom. The third-order valence-electron chi connectivity index (χ3n) is 4.10. The lowest BCUT2D eigenvalue weighted by molar-refractivity contribution is 0.679. The van der Waals surface area contributed by atoms with Crippen molar-refractivity contribution in [1.29, 1.82) is 0 Å². The van der Waals surface area contributed by atoms with Crippen LogP contribution in [0.4, 0.5) is 0 Å². The Kier molecular flexibility index (Phi) is 3.53. The molecule has 3 unspecified atom stereocenters. The van der Waals surface area contributed by atoms with Crippen molar-refractivity contribution in [2.45, 2.75) is 23.7 Å². The van der Waals surface area contributed by atoms with Gasteiger partial charge < -0.3 is 0 Å². The van der Waals surface area contributed by atoms with Gasteiger partial charge in [-0.15, -0.1) is 6.58 Å². The quantitative estimate of drug-likeness (QED) is 0.523. The lowest BCUT2D eigenvalue weighted by Crippen LogP contribution is -2.12. The molecule has 0 nitrogen and oxygen atoms in total. The summed E-state index contributed by atoms with van der Waals surface area (Å²) in [4.78, 5) is 0.